The van der Waals surface area contributed by atoms with Gasteiger partial charge in [0.2, 0.25) is 0 Å². The summed E-state index contributed by atoms with van der Waals surface area (Å²) < 4.78 is 25.9. The zero-order valence-corrected chi connectivity index (χ0v) is 10.5. The third-order valence-corrected chi connectivity index (χ3v) is 2.84. The highest BCUT2D eigenvalue weighted by Gasteiger charge is 2.07. The average Bonchev–Trinajstić information content (AvgIpc) is 2.27. The van der Waals surface area contributed by atoms with E-state index in [1.165, 1.54) is 12.1 Å². The van der Waals surface area contributed by atoms with E-state index in [9.17, 15) is 13.9 Å². The average molecular weight is 254 g/mol. The van der Waals surface area contributed by atoms with Crippen molar-refractivity contribution in [3.05, 3.63) is 48.1 Å². The molecule has 0 fully saturated rings. The van der Waals surface area contributed by atoms with Crippen LogP contribution in [0.2, 0.25) is 0 Å². The van der Waals surface area contributed by atoms with Crippen molar-refractivity contribution in [3.8, 4) is 0 Å². The van der Waals surface area contributed by atoms with Gasteiger partial charge >= 0.3 is 0 Å². The predicted molar refractivity (Wildman–Crippen MR) is 69.4 cm³/mol. The van der Waals surface area contributed by atoms with Crippen LogP contribution < -0.4 is 0 Å². The largest absolute Gasteiger partial charge is 0.393 e. The van der Waals surface area contributed by atoms with Gasteiger partial charge in [-0.25, -0.2) is 8.78 Å². The van der Waals surface area contributed by atoms with E-state index >= 15 is 0 Å². The summed E-state index contributed by atoms with van der Waals surface area (Å²) in [5.41, 5.74) is 0.506. The van der Waals surface area contributed by atoms with Gasteiger partial charge in [0, 0.05) is 6.07 Å². The lowest BCUT2D eigenvalue weighted by Crippen LogP contribution is -2.10. The molecule has 0 saturated carbocycles. The fraction of sp³-hybridized carbons (Fsp3) is 0.467. The molecule has 0 heterocycles. The van der Waals surface area contributed by atoms with Crippen LogP contribution in [0.5, 0.6) is 0 Å². The lowest BCUT2D eigenvalue weighted by molar-refractivity contribution is 0.161. The Morgan fingerprint density at radius 2 is 1.78 bits per heavy atom. The fourth-order valence-corrected chi connectivity index (χ4v) is 1.95. The lowest BCUT2D eigenvalue weighted by atomic mass is 10.0. The summed E-state index contributed by atoms with van der Waals surface area (Å²) in [5, 5.41) is 9.78. The number of hydrogen-bond donors (Lipinski definition) is 1. The van der Waals surface area contributed by atoms with Crippen LogP contribution in [0.1, 0.15) is 37.7 Å². The standard InChI is InChI=1S/C15H20F2O/c1-2-3-4-5-6-7-15(18)10-12-8-13(16)11-14(17)9-12/h2,8-9,11,15,18H,1,3-7,10H2. The van der Waals surface area contributed by atoms with E-state index in [1.54, 1.807) is 0 Å². The molecule has 0 spiro atoms. The summed E-state index contributed by atoms with van der Waals surface area (Å²) in [6, 6.07) is 3.37. The number of unbranched alkanes of at least 4 members (excludes halogenated alkanes) is 3. The number of aliphatic hydroxyl groups is 1. The summed E-state index contributed by atoms with van der Waals surface area (Å²) in [7, 11) is 0. The van der Waals surface area contributed by atoms with E-state index in [0.29, 0.717) is 18.4 Å². The molecule has 0 amide bonds. The summed E-state index contributed by atoms with van der Waals surface area (Å²) in [5.74, 6) is -1.19. The highest BCUT2D eigenvalue weighted by Crippen LogP contribution is 2.13. The zero-order chi connectivity index (χ0) is 13.4. The minimum atomic E-state index is -0.594. The molecule has 1 N–H and O–H groups in total. The van der Waals surface area contributed by atoms with Gasteiger partial charge < -0.3 is 5.11 Å². The number of allylic oxidation sites excluding steroid dienone is 1. The van der Waals surface area contributed by atoms with Gasteiger partial charge in [-0.1, -0.05) is 18.9 Å². The summed E-state index contributed by atoms with van der Waals surface area (Å²) >= 11 is 0. The Balaban J connectivity index is 2.30. The maximum absolute atomic E-state index is 12.9. The minimum Gasteiger partial charge on any atom is -0.393 e. The molecule has 0 saturated heterocycles. The number of aliphatic hydroxyl groups excluding tert-OH is 1. The Labute approximate surface area is 107 Å². The number of benzene rings is 1. The maximum Gasteiger partial charge on any atom is 0.126 e. The van der Waals surface area contributed by atoms with Gasteiger partial charge in [-0.15, -0.1) is 6.58 Å². The van der Waals surface area contributed by atoms with Crippen LogP contribution in [0.4, 0.5) is 8.78 Å². The normalized spacial score (nSPS) is 12.4. The first-order chi connectivity index (χ1) is 8.61. The van der Waals surface area contributed by atoms with Crippen molar-refractivity contribution >= 4 is 0 Å². The molecule has 0 aliphatic carbocycles. The van der Waals surface area contributed by atoms with Crippen molar-refractivity contribution in [2.24, 2.45) is 0 Å². The number of rotatable bonds is 8. The fourth-order valence-electron chi connectivity index (χ4n) is 1.95. The van der Waals surface area contributed by atoms with Crippen LogP contribution in [-0.2, 0) is 6.42 Å². The molecule has 1 unspecified atom stereocenters. The van der Waals surface area contributed by atoms with E-state index in [2.05, 4.69) is 6.58 Å². The third kappa shape index (κ3) is 5.92. The van der Waals surface area contributed by atoms with Gasteiger partial charge in [-0.3, -0.25) is 0 Å². The van der Waals surface area contributed by atoms with E-state index in [0.717, 1.165) is 31.7 Å². The Hall–Kier alpha value is -1.22. The van der Waals surface area contributed by atoms with Crippen LogP contribution in [-0.4, -0.2) is 11.2 Å². The molecule has 18 heavy (non-hydrogen) atoms. The molecule has 100 valence electrons. The first-order valence-corrected chi connectivity index (χ1v) is 6.35. The zero-order valence-electron chi connectivity index (χ0n) is 10.5. The maximum atomic E-state index is 12.9. The Morgan fingerprint density at radius 1 is 1.11 bits per heavy atom. The molecule has 0 radical (unpaired) electrons. The van der Waals surface area contributed by atoms with E-state index in [1.807, 2.05) is 6.08 Å². The van der Waals surface area contributed by atoms with Crippen LogP contribution in [0.15, 0.2) is 30.9 Å². The van der Waals surface area contributed by atoms with Crippen molar-refractivity contribution < 1.29 is 13.9 Å². The summed E-state index contributed by atoms with van der Waals surface area (Å²) in [6.45, 7) is 3.65. The van der Waals surface area contributed by atoms with Crippen molar-refractivity contribution in [2.75, 3.05) is 0 Å². The molecular formula is C15H20F2O. The van der Waals surface area contributed by atoms with E-state index < -0.39 is 17.7 Å². The number of hydrogen-bond acceptors (Lipinski definition) is 1. The molecule has 1 atom stereocenters. The molecule has 1 aromatic carbocycles. The topological polar surface area (TPSA) is 20.2 Å². The van der Waals surface area contributed by atoms with Gasteiger partial charge in [-0.05, 0) is 43.4 Å². The smallest absolute Gasteiger partial charge is 0.126 e. The van der Waals surface area contributed by atoms with Gasteiger partial charge in [0.15, 0.2) is 0 Å². The molecular weight excluding hydrogens is 234 g/mol. The number of halogens is 2. The molecule has 0 aliphatic rings. The molecule has 1 aromatic rings. The van der Waals surface area contributed by atoms with Crippen molar-refractivity contribution in [1.82, 2.24) is 0 Å². The lowest BCUT2D eigenvalue weighted by Gasteiger charge is -2.10. The molecule has 1 rings (SSSR count). The second-order valence-corrected chi connectivity index (χ2v) is 4.56. The van der Waals surface area contributed by atoms with Crippen LogP contribution in [0.3, 0.4) is 0 Å². The van der Waals surface area contributed by atoms with Crippen LogP contribution >= 0.6 is 0 Å². The van der Waals surface area contributed by atoms with E-state index in [-0.39, 0.29) is 0 Å². The highest BCUT2D eigenvalue weighted by molar-refractivity contribution is 5.18. The molecule has 3 heteroatoms. The molecule has 0 aliphatic heterocycles. The van der Waals surface area contributed by atoms with Crippen molar-refractivity contribution in [2.45, 2.75) is 44.6 Å². The Kier molecular flexibility index (Phi) is 6.58. The van der Waals surface area contributed by atoms with Gasteiger partial charge in [0.1, 0.15) is 11.6 Å². The quantitative estimate of drug-likeness (QED) is 0.549. The molecule has 1 nitrogen and oxygen atoms in total. The first kappa shape index (κ1) is 14.8. The first-order valence-electron chi connectivity index (χ1n) is 6.35. The third-order valence-electron chi connectivity index (χ3n) is 2.84. The summed E-state index contributed by atoms with van der Waals surface area (Å²) in [6.07, 6.45) is 6.34. The highest BCUT2D eigenvalue weighted by atomic mass is 19.1. The van der Waals surface area contributed by atoms with Gasteiger partial charge in [0.25, 0.3) is 0 Å². The summed E-state index contributed by atoms with van der Waals surface area (Å²) in [4.78, 5) is 0. The van der Waals surface area contributed by atoms with Gasteiger partial charge in [-0.2, -0.15) is 0 Å². The van der Waals surface area contributed by atoms with E-state index in [4.69, 9.17) is 0 Å². The van der Waals surface area contributed by atoms with Crippen molar-refractivity contribution in [1.29, 1.82) is 0 Å². The Bertz CT molecular complexity index is 357. The molecule has 0 bridgehead atoms. The van der Waals surface area contributed by atoms with Crippen LogP contribution in [0, 0.1) is 11.6 Å². The second-order valence-electron chi connectivity index (χ2n) is 4.56. The molecule has 0 aromatic heterocycles. The van der Waals surface area contributed by atoms with Gasteiger partial charge in [0.05, 0.1) is 6.10 Å². The predicted octanol–water partition coefficient (Wildman–Crippen LogP) is 4.00. The second kappa shape index (κ2) is 7.98. The SMILES string of the molecule is C=CCCCCCC(O)Cc1cc(F)cc(F)c1. The Morgan fingerprint density at radius 3 is 2.39 bits per heavy atom. The monoisotopic (exact) mass is 254 g/mol. The van der Waals surface area contributed by atoms with Crippen LogP contribution in [0.25, 0.3) is 0 Å². The minimum absolute atomic E-state index is 0.302. The van der Waals surface area contributed by atoms with Crippen molar-refractivity contribution in [3.63, 3.8) is 0 Å².